The summed E-state index contributed by atoms with van der Waals surface area (Å²) in [6.07, 6.45) is 0. The number of fused-ring (bicyclic) bond motifs is 1. The Morgan fingerprint density at radius 2 is 1.87 bits per heavy atom. The van der Waals surface area contributed by atoms with Gasteiger partial charge in [0.25, 0.3) is 0 Å². The number of amides is 1. The molecule has 2 N–H and O–H groups in total. The smallest absolute Gasteiger partial charge is 0.227 e. The Morgan fingerprint density at radius 3 is 2.70 bits per heavy atom. The molecule has 152 valence electrons. The Bertz CT molecular complexity index is 1190. The minimum absolute atomic E-state index is 0.103. The second-order valence-corrected chi connectivity index (χ2v) is 7.40. The van der Waals surface area contributed by atoms with Crippen molar-refractivity contribution in [3.05, 3.63) is 72.6 Å². The van der Waals surface area contributed by atoms with Gasteiger partial charge < -0.3 is 15.2 Å². The first kappa shape index (κ1) is 19.8. The Hall–Kier alpha value is -3.52. The van der Waals surface area contributed by atoms with Crippen LogP contribution in [0.1, 0.15) is 5.82 Å². The molecule has 0 radical (unpaired) electrons. The first-order chi connectivity index (χ1) is 14.7. The molecule has 0 aliphatic rings. The van der Waals surface area contributed by atoms with Crippen LogP contribution in [0.15, 0.2) is 71.9 Å². The molecule has 30 heavy (non-hydrogen) atoms. The van der Waals surface area contributed by atoms with Crippen LogP contribution in [0.2, 0.25) is 0 Å². The van der Waals surface area contributed by atoms with Crippen molar-refractivity contribution in [2.75, 3.05) is 12.9 Å². The van der Waals surface area contributed by atoms with Crippen molar-refractivity contribution < 1.29 is 14.3 Å². The van der Waals surface area contributed by atoms with Crippen LogP contribution in [0.3, 0.4) is 0 Å². The van der Waals surface area contributed by atoms with Gasteiger partial charge in [0.15, 0.2) is 11.0 Å². The Labute approximate surface area is 177 Å². The molecule has 4 aromatic rings. The van der Waals surface area contributed by atoms with Gasteiger partial charge in [-0.25, -0.2) is 0 Å². The lowest BCUT2D eigenvalue weighted by molar-refractivity contribution is -0.115. The largest absolute Gasteiger partial charge is 0.497 e. The number of methoxy groups -OCH3 is 1. The highest BCUT2D eigenvalue weighted by molar-refractivity contribution is 7.99. The van der Waals surface area contributed by atoms with E-state index in [1.54, 1.807) is 7.11 Å². The lowest BCUT2D eigenvalue weighted by atomic mass is 10.1. The van der Waals surface area contributed by atoms with Crippen LogP contribution in [0.5, 0.6) is 11.5 Å². The zero-order valence-corrected chi connectivity index (χ0v) is 17.1. The summed E-state index contributed by atoms with van der Waals surface area (Å²) in [5.41, 5.74) is 6.12. The summed E-state index contributed by atoms with van der Waals surface area (Å²) in [5.74, 6) is 1.75. The van der Waals surface area contributed by atoms with E-state index < -0.39 is 5.91 Å². The molecule has 0 spiro atoms. The molecule has 7 nitrogen and oxygen atoms in total. The van der Waals surface area contributed by atoms with Crippen LogP contribution in [0, 0.1) is 0 Å². The third-order valence-electron chi connectivity index (χ3n) is 4.46. The van der Waals surface area contributed by atoms with Crippen LogP contribution in [-0.4, -0.2) is 33.5 Å². The van der Waals surface area contributed by atoms with Crippen molar-refractivity contribution in [2.45, 2.75) is 11.8 Å². The van der Waals surface area contributed by atoms with Crippen LogP contribution < -0.4 is 15.2 Å². The molecule has 4 rings (SSSR count). The van der Waals surface area contributed by atoms with Crippen molar-refractivity contribution in [3.63, 3.8) is 0 Å². The number of primary amides is 1. The van der Waals surface area contributed by atoms with E-state index in [1.807, 2.05) is 71.3 Å². The molecular weight excluding hydrogens is 400 g/mol. The standard InChI is InChI=1S/C22H20N4O3S/c1-28-17-9-5-8-16(12-17)26-21(24-25-22(26)30-14-20(23)27)13-29-19-11-4-7-15-6-2-3-10-18(15)19/h2-12H,13-14H2,1H3,(H2,23,27). The number of hydrogen-bond donors (Lipinski definition) is 1. The van der Waals surface area contributed by atoms with Gasteiger partial charge in [0.05, 0.1) is 18.6 Å². The lowest BCUT2D eigenvalue weighted by Crippen LogP contribution is -2.14. The number of rotatable bonds is 8. The van der Waals surface area contributed by atoms with Gasteiger partial charge in [0.1, 0.15) is 18.1 Å². The molecule has 1 aromatic heterocycles. The summed E-state index contributed by atoms with van der Waals surface area (Å²) in [5, 5.41) is 11.2. The van der Waals surface area contributed by atoms with Gasteiger partial charge in [-0.05, 0) is 23.6 Å². The predicted octanol–water partition coefficient (Wildman–Crippen LogP) is 3.59. The van der Waals surface area contributed by atoms with E-state index in [9.17, 15) is 4.79 Å². The zero-order chi connectivity index (χ0) is 20.9. The fraction of sp³-hybridized carbons (Fsp3) is 0.136. The molecule has 0 saturated heterocycles. The maximum atomic E-state index is 11.3. The van der Waals surface area contributed by atoms with E-state index in [2.05, 4.69) is 10.2 Å². The molecule has 0 saturated carbocycles. The minimum atomic E-state index is -0.422. The van der Waals surface area contributed by atoms with Crippen molar-refractivity contribution in [2.24, 2.45) is 5.73 Å². The van der Waals surface area contributed by atoms with Gasteiger partial charge >= 0.3 is 0 Å². The lowest BCUT2D eigenvalue weighted by Gasteiger charge is -2.13. The number of hydrogen-bond acceptors (Lipinski definition) is 6. The molecule has 0 atom stereocenters. The average Bonchev–Trinajstić information content (AvgIpc) is 3.19. The van der Waals surface area contributed by atoms with E-state index in [-0.39, 0.29) is 12.4 Å². The van der Waals surface area contributed by atoms with E-state index in [4.69, 9.17) is 15.2 Å². The third kappa shape index (κ3) is 4.23. The second kappa shape index (κ2) is 8.87. The predicted molar refractivity (Wildman–Crippen MR) is 116 cm³/mol. The Morgan fingerprint density at radius 1 is 1.07 bits per heavy atom. The van der Waals surface area contributed by atoms with Crippen molar-refractivity contribution in [3.8, 4) is 17.2 Å². The molecule has 0 aliphatic heterocycles. The molecule has 0 fully saturated rings. The summed E-state index contributed by atoms with van der Waals surface area (Å²) in [4.78, 5) is 11.3. The van der Waals surface area contributed by atoms with Gasteiger partial charge in [0.2, 0.25) is 5.91 Å². The number of benzene rings is 3. The van der Waals surface area contributed by atoms with Gasteiger partial charge in [-0.15, -0.1) is 10.2 Å². The average molecular weight is 420 g/mol. The molecule has 0 unspecified atom stereocenters. The third-order valence-corrected chi connectivity index (χ3v) is 5.41. The number of ether oxygens (including phenoxy) is 2. The normalized spacial score (nSPS) is 10.8. The molecular formula is C22H20N4O3S. The zero-order valence-electron chi connectivity index (χ0n) is 16.3. The summed E-state index contributed by atoms with van der Waals surface area (Å²) in [6.45, 7) is 0.204. The number of nitrogens with two attached hydrogens (primary N) is 1. The molecule has 3 aromatic carbocycles. The van der Waals surface area contributed by atoms with E-state index in [0.717, 1.165) is 22.2 Å². The number of thioether (sulfide) groups is 1. The van der Waals surface area contributed by atoms with Crippen molar-refractivity contribution in [1.82, 2.24) is 14.8 Å². The van der Waals surface area contributed by atoms with Gasteiger partial charge in [0, 0.05) is 11.5 Å². The summed E-state index contributed by atoms with van der Waals surface area (Å²) in [7, 11) is 1.61. The first-order valence-corrected chi connectivity index (χ1v) is 10.2. The molecule has 1 heterocycles. The van der Waals surface area contributed by atoms with E-state index >= 15 is 0 Å². The molecule has 8 heteroatoms. The molecule has 0 bridgehead atoms. The van der Waals surface area contributed by atoms with Crippen molar-refractivity contribution >= 4 is 28.4 Å². The van der Waals surface area contributed by atoms with Crippen LogP contribution >= 0.6 is 11.8 Å². The van der Waals surface area contributed by atoms with Crippen molar-refractivity contribution in [1.29, 1.82) is 0 Å². The summed E-state index contributed by atoms with van der Waals surface area (Å²) >= 11 is 1.23. The van der Waals surface area contributed by atoms with Gasteiger partial charge in [-0.1, -0.05) is 54.2 Å². The minimum Gasteiger partial charge on any atom is -0.497 e. The number of carbonyl (C=O) groups is 1. The number of carbonyl (C=O) groups excluding carboxylic acids is 1. The fourth-order valence-electron chi connectivity index (χ4n) is 3.10. The quantitative estimate of drug-likeness (QED) is 0.438. The second-order valence-electron chi connectivity index (χ2n) is 6.46. The highest BCUT2D eigenvalue weighted by atomic mass is 32.2. The SMILES string of the molecule is COc1cccc(-n2c(COc3cccc4ccccc34)nnc2SCC(N)=O)c1. The van der Waals surface area contributed by atoms with E-state index in [1.165, 1.54) is 11.8 Å². The summed E-state index contributed by atoms with van der Waals surface area (Å²) < 4.78 is 13.3. The number of aromatic nitrogens is 3. The van der Waals surface area contributed by atoms with Crippen LogP contribution in [0.25, 0.3) is 16.5 Å². The van der Waals surface area contributed by atoms with Crippen LogP contribution in [0.4, 0.5) is 0 Å². The Balaban J connectivity index is 1.67. The molecule has 0 aliphatic carbocycles. The fourth-order valence-corrected chi connectivity index (χ4v) is 3.81. The highest BCUT2D eigenvalue weighted by Gasteiger charge is 2.17. The maximum Gasteiger partial charge on any atom is 0.227 e. The van der Waals surface area contributed by atoms with Gasteiger partial charge in [-0.2, -0.15) is 0 Å². The molecule has 1 amide bonds. The summed E-state index contributed by atoms with van der Waals surface area (Å²) in [6, 6.07) is 21.5. The van der Waals surface area contributed by atoms with Crippen LogP contribution in [-0.2, 0) is 11.4 Å². The van der Waals surface area contributed by atoms with E-state index in [0.29, 0.717) is 16.7 Å². The maximum absolute atomic E-state index is 11.3. The van der Waals surface area contributed by atoms with Gasteiger partial charge in [-0.3, -0.25) is 9.36 Å². The first-order valence-electron chi connectivity index (χ1n) is 9.26. The number of nitrogens with zero attached hydrogens (tertiary/aromatic N) is 3. The Kier molecular flexibility index (Phi) is 5.85. The topological polar surface area (TPSA) is 92.3 Å². The highest BCUT2D eigenvalue weighted by Crippen LogP contribution is 2.28. The monoisotopic (exact) mass is 420 g/mol.